The molecule has 1 saturated heterocycles. The quantitative estimate of drug-likeness (QED) is 0.817. The van der Waals surface area contributed by atoms with Gasteiger partial charge in [-0.15, -0.1) is 21.5 Å². The van der Waals surface area contributed by atoms with Gasteiger partial charge in [0.25, 0.3) is 0 Å². The lowest BCUT2D eigenvalue weighted by Gasteiger charge is -2.25. The third-order valence-electron chi connectivity index (χ3n) is 3.14. The molecule has 6 nitrogen and oxygen atoms in total. The van der Waals surface area contributed by atoms with Gasteiger partial charge in [-0.05, 0) is 17.9 Å². The smallest absolute Gasteiger partial charge is 0.234 e. The van der Waals surface area contributed by atoms with E-state index in [0.29, 0.717) is 24.8 Å². The Morgan fingerprint density at radius 2 is 2.10 bits per heavy atom. The van der Waals surface area contributed by atoms with Gasteiger partial charge in [0.15, 0.2) is 0 Å². The molecule has 114 valence electrons. The van der Waals surface area contributed by atoms with E-state index >= 15 is 0 Å². The van der Waals surface area contributed by atoms with Gasteiger partial charge in [0.05, 0.1) is 19.0 Å². The zero-order valence-electron chi connectivity index (χ0n) is 11.3. The van der Waals surface area contributed by atoms with Crippen molar-refractivity contribution in [2.75, 3.05) is 37.0 Å². The molecule has 0 atom stereocenters. The molecule has 0 aromatic carbocycles. The zero-order valence-corrected chi connectivity index (χ0v) is 13.7. The number of hydrogen-bond donors (Lipinski definition) is 0. The number of aryl methyl sites for hydroxylation is 1. The highest BCUT2D eigenvalue weighted by molar-refractivity contribution is 7.93. The number of nitrogens with zero attached hydrogens (tertiary/aromatic N) is 3. The number of ether oxygens (including phenoxy) is 1. The molecule has 0 amide bonds. The average Bonchev–Trinajstić information content (AvgIpc) is 3.18. The van der Waals surface area contributed by atoms with E-state index < -0.39 is 9.84 Å². The van der Waals surface area contributed by atoms with Crippen LogP contribution in [0.4, 0.5) is 5.13 Å². The van der Waals surface area contributed by atoms with Crippen LogP contribution in [-0.4, -0.2) is 50.7 Å². The molecule has 1 aliphatic rings. The molecule has 0 saturated carbocycles. The van der Waals surface area contributed by atoms with Crippen molar-refractivity contribution in [1.29, 1.82) is 0 Å². The maximum atomic E-state index is 12.3. The molecule has 2 aromatic heterocycles. The lowest BCUT2D eigenvalue weighted by molar-refractivity contribution is 0.122. The molecular weight excluding hydrogens is 330 g/mol. The molecule has 0 bridgehead atoms. The Morgan fingerprint density at radius 3 is 2.81 bits per heavy atom. The molecule has 3 heterocycles. The van der Waals surface area contributed by atoms with E-state index in [2.05, 4.69) is 10.2 Å². The molecule has 1 fully saturated rings. The van der Waals surface area contributed by atoms with Crippen LogP contribution in [-0.2, 0) is 21.0 Å². The van der Waals surface area contributed by atoms with Crippen molar-refractivity contribution >= 4 is 37.6 Å². The van der Waals surface area contributed by atoms with Crippen molar-refractivity contribution in [3.8, 4) is 0 Å². The molecule has 1 aliphatic heterocycles. The Morgan fingerprint density at radius 1 is 1.29 bits per heavy atom. The van der Waals surface area contributed by atoms with Crippen LogP contribution < -0.4 is 4.90 Å². The van der Waals surface area contributed by atoms with Crippen molar-refractivity contribution in [1.82, 2.24) is 10.2 Å². The van der Waals surface area contributed by atoms with Crippen molar-refractivity contribution in [3.05, 3.63) is 22.4 Å². The summed E-state index contributed by atoms with van der Waals surface area (Å²) in [5, 5.41) is 10.5. The fourth-order valence-corrected chi connectivity index (χ4v) is 5.27. The van der Waals surface area contributed by atoms with E-state index in [1.165, 1.54) is 0 Å². The number of thiophene rings is 1. The summed E-state index contributed by atoms with van der Waals surface area (Å²) in [5.41, 5.74) is 0. The lowest BCUT2D eigenvalue weighted by atomic mass is 10.4. The average molecular weight is 345 g/mol. The molecule has 21 heavy (non-hydrogen) atoms. The van der Waals surface area contributed by atoms with Crippen LogP contribution in [0.2, 0.25) is 0 Å². The monoisotopic (exact) mass is 345 g/mol. The summed E-state index contributed by atoms with van der Waals surface area (Å²) in [4.78, 5) is 3.08. The summed E-state index contributed by atoms with van der Waals surface area (Å²) in [5.74, 6) is 0.0747. The van der Waals surface area contributed by atoms with E-state index in [4.69, 9.17) is 4.74 Å². The number of aromatic nitrogens is 2. The van der Waals surface area contributed by atoms with Crippen LogP contribution in [0.25, 0.3) is 0 Å². The van der Waals surface area contributed by atoms with Crippen LogP contribution in [0.5, 0.6) is 0 Å². The molecule has 0 unspecified atom stereocenters. The number of morpholine rings is 1. The number of rotatable bonds is 5. The summed E-state index contributed by atoms with van der Waals surface area (Å²) in [6.45, 7) is 2.73. The van der Waals surface area contributed by atoms with Gasteiger partial charge in [0.1, 0.15) is 0 Å². The van der Waals surface area contributed by atoms with Gasteiger partial charge in [0.2, 0.25) is 19.3 Å². The van der Waals surface area contributed by atoms with Gasteiger partial charge in [-0.2, -0.15) is 0 Å². The van der Waals surface area contributed by atoms with Crippen molar-refractivity contribution < 1.29 is 13.2 Å². The molecule has 0 radical (unpaired) electrons. The van der Waals surface area contributed by atoms with Crippen molar-refractivity contribution in [2.24, 2.45) is 0 Å². The number of sulfone groups is 1. The Balaban J connectivity index is 1.69. The molecule has 0 spiro atoms. The Hall–Kier alpha value is -1.03. The summed E-state index contributed by atoms with van der Waals surface area (Å²) in [6, 6.07) is 3.87. The van der Waals surface area contributed by atoms with Crippen LogP contribution >= 0.6 is 22.7 Å². The minimum absolute atomic E-state index is 0.0747. The van der Waals surface area contributed by atoms with Gasteiger partial charge in [0, 0.05) is 18.0 Å². The normalized spacial score (nSPS) is 16.3. The molecule has 0 N–H and O–H groups in total. The second-order valence-electron chi connectivity index (χ2n) is 4.60. The topological polar surface area (TPSA) is 72.4 Å². The fraction of sp³-hybridized carbons (Fsp3) is 0.500. The first-order valence-electron chi connectivity index (χ1n) is 6.56. The highest BCUT2D eigenvalue weighted by Crippen LogP contribution is 2.25. The van der Waals surface area contributed by atoms with E-state index in [0.717, 1.165) is 29.3 Å². The first-order valence-corrected chi connectivity index (χ1v) is 9.91. The third-order valence-corrected chi connectivity index (χ3v) is 7.22. The van der Waals surface area contributed by atoms with Crippen molar-refractivity contribution in [3.63, 3.8) is 0 Å². The maximum Gasteiger partial charge on any atom is 0.234 e. The summed E-state index contributed by atoms with van der Waals surface area (Å²) in [6.07, 6.45) is 0.520. The molecule has 3 rings (SSSR count). The van der Waals surface area contributed by atoms with E-state index in [1.54, 1.807) is 11.3 Å². The Bertz CT molecular complexity index is 676. The second-order valence-corrected chi connectivity index (χ2v) is 8.87. The van der Waals surface area contributed by atoms with Gasteiger partial charge >= 0.3 is 0 Å². The van der Waals surface area contributed by atoms with Crippen LogP contribution in [0, 0.1) is 0 Å². The molecule has 9 heteroatoms. The standard InChI is InChI=1S/C12H15N3O3S3/c16-21(17,9-3-10-2-1-8-19-10)12-14-13-11(20-12)15-4-6-18-7-5-15/h1-2,8H,3-7,9H2. The highest BCUT2D eigenvalue weighted by Gasteiger charge is 2.23. The summed E-state index contributed by atoms with van der Waals surface area (Å²) in [7, 11) is -3.36. The number of hydrogen-bond acceptors (Lipinski definition) is 8. The molecular formula is C12H15N3O3S3. The summed E-state index contributed by atoms with van der Waals surface area (Å²) >= 11 is 2.71. The zero-order chi connectivity index (χ0) is 14.7. The fourth-order valence-electron chi connectivity index (χ4n) is 1.99. The Kier molecular flexibility index (Phi) is 4.53. The van der Waals surface area contributed by atoms with E-state index in [1.807, 2.05) is 22.4 Å². The molecule has 0 aliphatic carbocycles. The first-order chi connectivity index (χ1) is 10.1. The second kappa shape index (κ2) is 6.39. The predicted octanol–water partition coefficient (Wildman–Crippen LogP) is 1.45. The maximum absolute atomic E-state index is 12.3. The van der Waals surface area contributed by atoms with Gasteiger partial charge in [-0.3, -0.25) is 0 Å². The van der Waals surface area contributed by atoms with Crippen LogP contribution in [0.3, 0.4) is 0 Å². The minimum atomic E-state index is -3.36. The van der Waals surface area contributed by atoms with Crippen LogP contribution in [0.15, 0.2) is 21.9 Å². The third kappa shape index (κ3) is 3.60. The lowest BCUT2D eigenvalue weighted by Crippen LogP contribution is -2.36. The Labute approximate surface area is 131 Å². The van der Waals surface area contributed by atoms with Gasteiger partial charge < -0.3 is 9.64 Å². The summed E-state index contributed by atoms with van der Waals surface area (Å²) < 4.78 is 30.0. The van der Waals surface area contributed by atoms with Gasteiger partial charge in [-0.25, -0.2) is 8.42 Å². The largest absolute Gasteiger partial charge is 0.378 e. The van der Waals surface area contributed by atoms with Gasteiger partial charge in [-0.1, -0.05) is 17.4 Å². The highest BCUT2D eigenvalue weighted by atomic mass is 32.2. The first kappa shape index (κ1) is 14.9. The predicted molar refractivity (Wildman–Crippen MR) is 83.0 cm³/mol. The molecule has 2 aromatic rings. The van der Waals surface area contributed by atoms with Crippen LogP contribution in [0.1, 0.15) is 4.88 Å². The number of anilines is 1. The van der Waals surface area contributed by atoms with E-state index in [-0.39, 0.29) is 10.1 Å². The van der Waals surface area contributed by atoms with Crippen molar-refractivity contribution in [2.45, 2.75) is 10.8 Å². The SMILES string of the molecule is O=S(=O)(CCc1cccs1)c1nnc(N2CCOCC2)s1. The minimum Gasteiger partial charge on any atom is -0.378 e. The van der Waals surface area contributed by atoms with E-state index in [9.17, 15) is 8.42 Å².